The molecule has 0 saturated heterocycles. The van der Waals surface area contributed by atoms with Crippen LogP contribution in [0.1, 0.15) is 19.8 Å². The molecular formula is C7H18AlLi. The zero-order valence-electron chi connectivity index (χ0n) is 7.70. The van der Waals surface area contributed by atoms with Crippen LogP contribution in [-0.4, -0.2) is 13.1 Å². The van der Waals surface area contributed by atoms with Crippen LogP contribution < -0.4 is 18.9 Å². The monoisotopic (exact) mass is 136 g/mol. The van der Waals surface area contributed by atoms with Gasteiger partial charge in [-0.15, -0.1) is 0 Å². The van der Waals surface area contributed by atoms with Crippen molar-refractivity contribution in [2.24, 2.45) is 0 Å². The van der Waals surface area contributed by atoms with Crippen molar-refractivity contribution in [2.75, 3.05) is 0 Å². The van der Waals surface area contributed by atoms with Gasteiger partial charge in [-0.3, -0.25) is 0 Å². The number of rotatable bonds is 3. The van der Waals surface area contributed by atoms with E-state index >= 15 is 0 Å². The van der Waals surface area contributed by atoms with Crippen molar-refractivity contribution in [2.45, 2.75) is 42.4 Å². The second-order valence-corrected chi connectivity index (χ2v) is 10.6. The first-order valence-corrected chi connectivity index (χ1v) is 8.13. The zero-order chi connectivity index (χ0) is 6.62. The van der Waals surface area contributed by atoms with Gasteiger partial charge < -0.3 is 0 Å². The largest absolute Gasteiger partial charge is 1.00 e. The molecule has 0 spiro atoms. The molecule has 0 radical (unpaired) electrons. The maximum atomic E-state index is 2.46. The van der Waals surface area contributed by atoms with E-state index in [4.69, 9.17) is 0 Å². The van der Waals surface area contributed by atoms with E-state index in [1.54, 1.807) is 0 Å². The van der Waals surface area contributed by atoms with Gasteiger partial charge in [0.15, 0.2) is 0 Å². The topological polar surface area (TPSA) is 0 Å². The molecule has 0 nitrogen and oxygen atoms in total. The van der Waals surface area contributed by atoms with E-state index < -0.39 is 13.1 Å². The molecule has 0 aliphatic rings. The summed E-state index contributed by atoms with van der Waals surface area (Å²) >= 11 is -0.924. The molecule has 9 heavy (non-hydrogen) atoms. The molecule has 0 saturated carbocycles. The minimum absolute atomic E-state index is 0. The summed E-state index contributed by atoms with van der Waals surface area (Å²) in [5.41, 5.74) is 0. The summed E-state index contributed by atoms with van der Waals surface area (Å²) in [7, 11) is 0. The van der Waals surface area contributed by atoms with Crippen molar-refractivity contribution in [3.05, 3.63) is 0 Å². The standard InChI is InChI=1S/C4H9.3CH3.Al.Li/c1-3-4-2;;;;;/h1,3-4H2,2H3;3*1H3;;/q;;;;-1;+1. The van der Waals surface area contributed by atoms with Crippen LogP contribution in [0.2, 0.25) is 22.6 Å². The van der Waals surface area contributed by atoms with Gasteiger partial charge in [-0.25, -0.2) is 17.4 Å². The van der Waals surface area contributed by atoms with Crippen molar-refractivity contribution in [1.29, 1.82) is 0 Å². The predicted octanol–water partition coefficient (Wildman–Crippen LogP) is 0.129. The average Bonchev–Trinajstić information content (AvgIpc) is 1.59. The Morgan fingerprint density at radius 3 is 1.67 bits per heavy atom. The van der Waals surface area contributed by atoms with Crippen LogP contribution in [0, 0.1) is 0 Å². The number of hydrogen-bond acceptors (Lipinski definition) is 0. The average molecular weight is 136 g/mol. The Kier molecular flexibility index (Phi) is 8.35. The fourth-order valence-electron chi connectivity index (χ4n) is 0.816. The van der Waals surface area contributed by atoms with Crippen LogP contribution in [0.3, 0.4) is 0 Å². The molecule has 0 aromatic heterocycles. The molecule has 0 aliphatic carbocycles. The van der Waals surface area contributed by atoms with E-state index in [0.717, 1.165) is 0 Å². The SMILES string of the molecule is CCC[CH2][Al-]([CH3])([CH3])[CH3].[Li+]. The quantitative estimate of drug-likeness (QED) is 0.484. The third-order valence-electron chi connectivity index (χ3n) is 1.42. The minimum atomic E-state index is -0.924. The van der Waals surface area contributed by atoms with Crippen LogP contribution in [0.4, 0.5) is 0 Å². The summed E-state index contributed by atoms with van der Waals surface area (Å²) in [5.74, 6) is 7.38. The van der Waals surface area contributed by atoms with Gasteiger partial charge in [0.2, 0.25) is 0 Å². The Bertz CT molecular complexity index is 56.4. The van der Waals surface area contributed by atoms with E-state index in [0.29, 0.717) is 0 Å². The van der Waals surface area contributed by atoms with Gasteiger partial charge in [-0.2, -0.15) is 5.28 Å². The van der Waals surface area contributed by atoms with Crippen molar-refractivity contribution in [1.82, 2.24) is 0 Å². The molecule has 2 heteroatoms. The summed E-state index contributed by atoms with van der Waals surface area (Å²) in [4.78, 5) is 0. The first-order chi connectivity index (χ1) is 3.56. The fraction of sp³-hybridized carbons (Fsp3) is 1.00. The molecule has 0 fully saturated rings. The third kappa shape index (κ3) is 12.4. The van der Waals surface area contributed by atoms with Crippen molar-refractivity contribution in [3.63, 3.8) is 0 Å². The van der Waals surface area contributed by atoms with Crippen LogP contribution >= 0.6 is 0 Å². The first-order valence-electron chi connectivity index (χ1n) is 3.85. The van der Waals surface area contributed by atoms with Gasteiger partial charge in [0.05, 0.1) is 0 Å². The van der Waals surface area contributed by atoms with Gasteiger partial charge in [-0.05, 0) is 0 Å². The second-order valence-electron chi connectivity index (χ2n) is 4.10. The van der Waals surface area contributed by atoms with Gasteiger partial charge in [-0.1, -0.05) is 19.8 Å². The molecule has 0 N–H and O–H groups in total. The summed E-state index contributed by atoms with van der Waals surface area (Å²) in [6.07, 6.45) is 2.82. The molecule has 0 aromatic carbocycles. The molecule has 0 aliphatic heterocycles. The van der Waals surface area contributed by atoms with Crippen molar-refractivity contribution >= 4 is 13.1 Å². The molecule has 50 valence electrons. The molecule has 0 amide bonds. The van der Waals surface area contributed by atoms with Gasteiger partial charge in [0, 0.05) is 0 Å². The third-order valence-corrected chi connectivity index (χ3v) is 3.56. The molecule has 0 atom stereocenters. The Labute approximate surface area is 74.3 Å². The molecule has 0 heterocycles. The fourth-order valence-corrected chi connectivity index (χ4v) is 2.45. The number of hydrogen-bond donors (Lipinski definition) is 0. The van der Waals surface area contributed by atoms with E-state index in [2.05, 4.69) is 24.3 Å². The maximum Gasteiger partial charge on any atom is 1.00 e. The molecular weight excluding hydrogens is 118 g/mol. The number of unbranched alkanes of at least 4 members (excludes halogenated alkanes) is 1. The predicted molar refractivity (Wildman–Crippen MR) is 43.1 cm³/mol. The van der Waals surface area contributed by atoms with Crippen molar-refractivity contribution < 1.29 is 18.9 Å². The Hall–Kier alpha value is 1.13. The van der Waals surface area contributed by atoms with Crippen LogP contribution in [0.25, 0.3) is 0 Å². The van der Waals surface area contributed by atoms with E-state index in [-0.39, 0.29) is 18.9 Å². The van der Waals surface area contributed by atoms with Crippen LogP contribution in [0.15, 0.2) is 0 Å². The minimum Gasteiger partial charge on any atom is -0.204 e. The van der Waals surface area contributed by atoms with Gasteiger partial charge in [0.1, 0.15) is 13.1 Å². The van der Waals surface area contributed by atoms with Crippen LogP contribution in [0.5, 0.6) is 0 Å². The zero-order valence-corrected chi connectivity index (χ0v) is 8.85. The van der Waals surface area contributed by atoms with Crippen LogP contribution in [-0.2, 0) is 0 Å². The normalized spacial score (nSPS) is 10.7. The molecule has 0 bridgehead atoms. The maximum absolute atomic E-state index is 2.46. The molecule has 0 rings (SSSR count). The second kappa shape index (κ2) is 5.88. The summed E-state index contributed by atoms with van der Waals surface area (Å²) < 4.78 is 0. The van der Waals surface area contributed by atoms with Crippen molar-refractivity contribution in [3.8, 4) is 0 Å². The molecule has 0 unspecified atom stereocenters. The summed E-state index contributed by atoms with van der Waals surface area (Å²) in [6.45, 7) is 2.27. The summed E-state index contributed by atoms with van der Waals surface area (Å²) in [5, 5.41) is 1.53. The van der Waals surface area contributed by atoms with E-state index in [1.165, 1.54) is 18.1 Å². The van der Waals surface area contributed by atoms with E-state index in [9.17, 15) is 0 Å². The van der Waals surface area contributed by atoms with Gasteiger partial charge >= 0.3 is 18.9 Å². The van der Waals surface area contributed by atoms with E-state index in [1.807, 2.05) is 0 Å². The Morgan fingerprint density at radius 2 is 1.56 bits per heavy atom. The Morgan fingerprint density at radius 1 is 1.11 bits per heavy atom. The Balaban J connectivity index is 0. The smallest absolute Gasteiger partial charge is 0.204 e. The van der Waals surface area contributed by atoms with Gasteiger partial charge in [0.25, 0.3) is 0 Å². The summed E-state index contributed by atoms with van der Waals surface area (Å²) in [6, 6.07) is 0. The molecule has 0 aromatic rings. The first kappa shape index (κ1) is 12.8.